The summed E-state index contributed by atoms with van der Waals surface area (Å²) in [5.41, 5.74) is 5.79. The van der Waals surface area contributed by atoms with Gasteiger partial charge in [-0.3, -0.25) is 0 Å². The molecule has 0 aliphatic carbocycles. The van der Waals surface area contributed by atoms with Crippen LogP contribution in [0.25, 0.3) is 0 Å². The van der Waals surface area contributed by atoms with Gasteiger partial charge in [0, 0.05) is 18.0 Å². The van der Waals surface area contributed by atoms with Crippen molar-refractivity contribution in [3.05, 3.63) is 29.3 Å². The lowest BCUT2D eigenvalue weighted by atomic mass is 10.0. The van der Waals surface area contributed by atoms with Crippen LogP contribution in [0.1, 0.15) is 18.0 Å². The van der Waals surface area contributed by atoms with Crippen LogP contribution >= 0.6 is 12.4 Å². The summed E-state index contributed by atoms with van der Waals surface area (Å²) in [6, 6.07) is 1.66. The summed E-state index contributed by atoms with van der Waals surface area (Å²) in [5.74, 6) is -1.08. The van der Waals surface area contributed by atoms with Gasteiger partial charge in [-0.05, 0) is 12.1 Å². The van der Waals surface area contributed by atoms with E-state index in [0.717, 1.165) is 12.1 Å². The second kappa shape index (κ2) is 4.11. The van der Waals surface area contributed by atoms with Gasteiger partial charge in [-0.15, -0.1) is 12.4 Å². The summed E-state index contributed by atoms with van der Waals surface area (Å²) in [6.45, 7) is 0.342. The molecular weight excluding hydrogens is 212 g/mol. The molecule has 0 bridgehead atoms. The minimum atomic E-state index is -0.549. The van der Waals surface area contributed by atoms with Gasteiger partial charge in [0.2, 0.25) is 0 Å². The van der Waals surface area contributed by atoms with E-state index in [4.69, 9.17) is 10.5 Å². The predicted octanol–water partition coefficient (Wildman–Crippen LogP) is 2.17. The van der Waals surface area contributed by atoms with Crippen LogP contribution < -0.4 is 10.5 Å². The Morgan fingerprint density at radius 2 is 1.93 bits per heavy atom. The Morgan fingerprint density at radius 3 is 2.57 bits per heavy atom. The van der Waals surface area contributed by atoms with E-state index in [0.29, 0.717) is 13.0 Å². The van der Waals surface area contributed by atoms with Gasteiger partial charge in [0.1, 0.15) is 5.82 Å². The number of halogens is 3. The number of rotatable bonds is 0. The fourth-order valence-corrected chi connectivity index (χ4v) is 1.47. The predicted molar refractivity (Wildman–Crippen MR) is 50.6 cm³/mol. The molecule has 1 aliphatic rings. The molecule has 1 aromatic carbocycles. The van der Waals surface area contributed by atoms with E-state index in [1.165, 1.54) is 0 Å². The van der Waals surface area contributed by atoms with Crippen molar-refractivity contribution in [1.82, 2.24) is 0 Å². The first-order valence-electron chi connectivity index (χ1n) is 4.06. The zero-order valence-corrected chi connectivity index (χ0v) is 8.11. The second-order valence-electron chi connectivity index (χ2n) is 3.02. The molecule has 0 amide bonds. The van der Waals surface area contributed by atoms with Gasteiger partial charge in [-0.1, -0.05) is 0 Å². The molecule has 0 spiro atoms. The first kappa shape index (κ1) is 11.2. The Balaban J connectivity index is 0.000000980. The van der Waals surface area contributed by atoms with Gasteiger partial charge in [0.05, 0.1) is 6.61 Å². The fraction of sp³-hybridized carbons (Fsp3) is 0.333. The third-order valence-electron chi connectivity index (χ3n) is 2.14. The van der Waals surface area contributed by atoms with Crippen molar-refractivity contribution in [2.24, 2.45) is 5.73 Å². The highest BCUT2D eigenvalue weighted by Crippen LogP contribution is 2.34. The lowest BCUT2D eigenvalue weighted by Gasteiger charge is -2.23. The van der Waals surface area contributed by atoms with Crippen molar-refractivity contribution in [1.29, 1.82) is 0 Å². The van der Waals surface area contributed by atoms with Crippen molar-refractivity contribution >= 4 is 12.4 Å². The maximum atomic E-state index is 13.2. The van der Waals surface area contributed by atoms with Gasteiger partial charge < -0.3 is 10.5 Å². The number of ether oxygens (including phenoxy) is 1. The molecule has 1 aliphatic heterocycles. The third kappa shape index (κ3) is 1.67. The molecule has 2 N–H and O–H groups in total. The monoisotopic (exact) mass is 221 g/mol. The molecular formula is C9H10ClF2NO. The van der Waals surface area contributed by atoms with Gasteiger partial charge in [-0.2, -0.15) is 0 Å². The molecule has 0 saturated heterocycles. The molecule has 1 heterocycles. The third-order valence-corrected chi connectivity index (χ3v) is 2.14. The van der Waals surface area contributed by atoms with Crippen LogP contribution in [0.2, 0.25) is 0 Å². The van der Waals surface area contributed by atoms with Gasteiger partial charge in [0.15, 0.2) is 11.6 Å². The first-order chi connectivity index (χ1) is 6.20. The van der Waals surface area contributed by atoms with E-state index < -0.39 is 17.7 Å². The van der Waals surface area contributed by atoms with E-state index in [2.05, 4.69) is 0 Å². The van der Waals surface area contributed by atoms with E-state index in [-0.39, 0.29) is 23.7 Å². The number of hydrogen-bond donors (Lipinski definition) is 1. The van der Waals surface area contributed by atoms with Crippen LogP contribution in [-0.4, -0.2) is 6.61 Å². The van der Waals surface area contributed by atoms with Crippen molar-refractivity contribution in [3.63, 3.8) is 0 Å². The molecule has 1 atom stereocenters. The van der Waals surface area contributed by atoms with Crippen molar-refractivity contribution in [3.8, 4) is 5.75 Å². The minimum absolute atomic E-state index is 0. The van der Waals surface area contributed by atoms with Crippen molar-refractivity contribution < 1.29 is 13.5 Å². The maximum Gasteiger partial charge on any atom is 0.165 e. The fourth-order valence-electron chi connectivity index (χ4n) is 1.47. The van der Waals surface area contributed by atoms with E-state index >= 15 is 0 Å². The molecule has 14 heavy (non-hydrogen) atoms. The largest absolute Gasteiger partial charge is 0.490 e. The van der Waals surface area contributed by atoms with Gasteiger partial charge >= 0.3 is 0 Å². The average molecular weight is 222 g/mol. The number of benzene rings is 1. The molecule has 0 radical (unpaired) electrons. The number of fused-ring (bicyclic) bond motifs is 1. The molecule has 0 fully saturated rings. The van der Waals surface area contributed by atoms with Crippen molar-refractivity contribution in [2.45, 2.75) is 12.5 Å². The molecule has 2 rings (SSSR count). The highest BCUT2D eigenvalue weighted by molar-refractivity contribution is 5.85. The van der Waals surface area contributed by atoms with Crippen LogP contribution in [0.3, 0.4) is 0 Å². The Bertz CT molecular complexity index is 346. The molecule has 0 aromatic heterocycles. The Morgan fingerprint density at radius 1 is 1.29 bits per heavy atom. The minimum Gasteiger partial charge on any atom is -0.490 e. The van der Waals surface area contributed by atoms with E-state index in [1.807, 2.05) is 0 Å². The maximum absolute atomic E-state index is 13.2. The lowest BCUT2D eigenvalue weighted by Crippen LogP contribution is -2.22. The normalized spacial score (nSPS) is 19.2. The second-order valence-corrected chi connectivity index (χ2v) is 3.02. The summed E-state index contributed by atoms with van der Waals surface area (Å²) >= 11 is 0. The lowest BCUT2D eigenvalue weighted by molar-refractivity contribution is 0.250. The zero-order chi connectivity index (χ0) is 9.42. The zero-order valence-electron chi connectivity index (χ0n) is 7.30. The summed E-state index contributed by atoms with van der Waals surface area (Å²) in [5, 5.41) is 0. The van der Waals surface area contributed by atoms with Crippen LogP contribution in [0.4, 0.5) is 8.78 Å². The smallest absolute Gasteiger partial charge is 0.165 e. The standard InChI is InChI=1S/C9H9F2NO.ClH/c10-5-1-2-6(11)9-8(5)7(12)3-4-13-9;/h1-2,7H,3-4,12H2;1H. The first-order valence-corrected chi connectivity index (χ1v) is 4.06. The Hall–Kier alpha value is -0.870. The number of nitrogens with two attached hydrogens (primary N) is 1. The molecule has 0 saturated carbocycles. The van der Waals surface area contributed by atoms with Crippen LogP contribution in [-0.2, 0) is 0 Å². The topological polar surface area (TPSA) is 35.2 Å². The summed E-state index contributed by atoms with van der Waals surface area (Å²) in [7, 11) is 0. The quantitative estimate of drug-likeness (QED) is 0.729. The van der Waals surface area contributed by atoms with Crippen LogP contribution in [0, 0.1) is 11.6 Å². The Labute approximate surface area is 86.5 Å². The number of hydrogen-bond acceptors (Lipinski definition) is 2. The van der Waals surface area contributed by atoms with Crippen molar-refractivity contribution in [2.75, 3.05) is 6.61 Å². The molecule has 5 heteroatoms. The van der Waals surface area contributed by atoms with E-state index in [9.17, 15) is 8.78 Å². The van der Waals surface area contributed by atoms with Crippen LogP contribution in [0.5, 0.6) is 5.75 Å². The molecule has 78 valence electrons. The summed E-state index contributed by atoms with van der Waals surface area (Å²) in [4.78, 5) is 0. The molecule has 1 aromatic rings. The highest BCUT2D eigenvalue weighted by Gasteiger charge is 2.24. The summed E-state index contributed by atoms with van der Waals surface area (Å²) in [6.07, 6.45) is 0.521. The van der Waals surface area contributed by atoms with Gasteiger partial charge in [0.25, 0.3) is 0 Å². The Kier molecular flexibility index (Phi) is 3.29. The van der Waals surface area contributed by atoms with Gasteiger partial charge in [-0.25, -0.2) is 8.78 Å². The SMILES string of the molecule is Cl.NC1CCOc2c(F)ccc(F)c21. The molecule has 2 nitrogen and oxygen atoms in total. The van der Waals surface area contributed by atoms with E-state index in [1.54, 1.807) is 0 Å². The highest BCUT2D eigenvalue weighted by atomic mass is 35.5. The molecule has 1 unspecified atom stereocenters. The average Bonchev–Trinajstić information content (AvgIpc) is 2.12. The van der Waals surface area contributed by atoms with Crippen LogP contribution in [0.15, 0.2) is 12.1 Å². The summed E-state index contributed by atoms with van der Waals surface area (Å²) < 4.78 is 31.3.